The van der Waals surface area contributed by atoms with Gasteiger partial charge in [-0.2, -0.15) is 0 Å². The number of nitro benzene ring substituents is 1. The molecule has 9 heteroatoms. The molecule has 3 fully saturated rings. The summed E-state index contributed by atoms with van der Waals surface area (Å²) in [7, 11) is 0. The Balaban J connectivity index is 0.00000342. The fraction of sp³-hybridized carbons (Fsp3) is 0.750. The number of carbonyl (C=O) groups is 1. The molecule has 2 bridgehead atoms. The first kappa shape index (κ1) is 34.0. The average Bonchev–Trinajstić information content (AvgIpc) is 2.86. The van der Waals surface area contributed by atoms with Crippen molar-refractivity contribution in [2.75, 3.05) is 52.4 Å². The number of ether oxygens (including phenoxy) is 1. The van der Waals surface area contributed by atoms with E-state index in [4.69, 9.17) is 4.74 Å². The number of nitrogens with zero attached hydrogens (tertiary/aromatic N) is 3. The minimum atomic E-state index is -0.451. The van der Waals surface area contributed by atoms with Gasteiger partial charge in [-0.25, -0.2) is 4.79 Å². The molecular formula is C28H47Br2N3O4. The van der Waals surface area contributed by atoms with Crippen LogP contribution in [0.4, 0.5) is 5.69 Å². The number of nitro groups is 1. The number of fused-ring (bicyclic) bond motifs is 3. The molecule has 0 atom stereocenters. The zero-order valence-corrected chi connectivity index (χ0v) is 25.9. The molecule has 3 aliphatic heterocycles. The van der Waals surface area contributed by atoms with Gasteiger partial charge in [-0.05, 0) is 25.0 Å². The van der Waals surface area contributed by atoms with Gasteiger partial charge in [-0.15, -0.1) is 0 Å². The molecular weight excluding hydrogens is 602 g/mol. The summed E-state index contributed by atoms with van der Waals surface area (Å²) in [5, 5.41) is 10.8. The van der Waals surface area contributed by atoms with Gasteiger partial charge in [0.1, 0.15) is 45.0 Å². The molecule has 7 nitrogen and oxygen atoms in total. The van der Waals surface area contributed by atoms with Gasteiger partial charge in [0.05, 0.1) is 11.5 Å². The molecule has 0 aliphatic carbocycles. The molecule has 0 spiro atoms. The number of carbonyl (C=O) groups excluding carboxylic acids is 1. The number of unbranched alkanes of at least 4 members (excludes halogenated alkanes) is 11. The third-order valence-corrected chi connectivity index (χ3v) is 8.38. The maximum atomic E-state index is 12.6. The summed E-state index contributed by atoms with van der Waals surface area (Å²) in [5.74, 6) is 0.145. The second-order valence-electron chi connectivity index (χ2n) is 11.0. The second-order valence-corrected chi connectivity index (χ2v) is 11.0. The highest BCUT2D eigenvalue weighted by Gasteiger charge is 2.49. The largest absolute Gasteiger partial charge is 1.00 e. The third-order valence-electron chi connectivity index (χ3n) is 8.38. The summed E-state index contributed by atoms with van der Waals surface area (Å²) < 4.78 is 7.57. The molecule has 0 N–H and O–H groups in total. The number of piperazine rings is 3. The van der Waals surface area contributed by atoms with Crippen molar-refractivity contribution in [1.29, 1.82) is 0 Å². The quantitative estimate of drug-likeness (QED) is 0.0590. The van der Waals surface area contributed by atoms with Crippen molar-refractivity contribution in [3.63, 3.8) is 0 Å². The van der Waals surface area contributed by atoms with Crippen LogP contribution in [0.2, 0.25) is 0 Å². The molecule has 0 saturated carbocycles. The average molecular weight is 650 g/mol. The molecule has 0 aromatic heterocycles. The smallest absolute Gasteiger partial charge is 0.367 e. The van der Waals surface area contributed by atoms with Crippen molar-refractivity contribution in [2.45, 2.75) is 84.0 Å². The van der Waals surface area contributed by atoms with E-state index in [1.807, 2.05) is 0 Å². The Labute approximate surface area is 244 Å². The van der Waals surface area contributed by atoms with E-state index in [0.717, 1.165) is 24.1 Å². The summed E-state index contributed by atoms with van der Waals surface area (Å²) >= 11 is 0. The Hall–Kier alpha value is -1.03. The molecule has 4 rings (SSSR count). The number of benzene rings is 1. The first-order valence-corrected chi connectivity index (χ1v) is 14.1. The minimum Gasteiger partial charge on any atom is -1.00 e. The lowest BCUT2D eigenvalue weighted by Gasteiger charge is -2.55. The lowest BCUT2D eigenvalue weighted by molar-refractivity contribution is -1.08. The van der Waals surface area contributed by atoms with E-state index in [9.17, 15) is 14.9 Å². The molecule has 0 radical (unpaired) electrons. The van der Waals surface area contributed by atoms with Crippen LogP contribution in [-0.4, -0.2) is 72.2 Å². The van der Waals surface area contributed by atoms with Crippen LogP contribution in [0.3, 0.4) is 0 Å². The van der Waals surface area contributed by atoms with Crippen molar-refractivity contribution in [3.05, 3.63) is 34.4 Å². The monoisotopic (exact) mass is 647 g/mol. The van der Waals surface area contributed by atoms with Gasteiger partial charge in [0.25, 0.3) is 5.69 Å². The van der Waals surface area contributed by atoms with Crippen molar-refractivity contribution >= 4 is 11.7 Å². The van der Waals surface area contributed by atoms with Crippen LogP contribution in [0.1, 0.15) is 84.0 Å². The minimum absolute atomic E-state index is 0. The standard InChI is InChI=1S/C28H47N3O4.2BrH/c1-2-3-4-5-6-7-8-9-10-11-12-13-18-30-19-22-31(23-20-30,24-21-30)25-28(32)35-27-16-14-26(15-17-27)29(33)34;;/h14-17H,2-13,18-25H2,1H3;2*1H/q+2;;/p-2. The topological polar surface area (TPSA) is 69.4 Å². The Morgan fingerprint density at radius 3 is 1.65 bits per heavy atom. The molecule has 1 aromatic rings. The number of hydrogen-bond donors (Lipinski definition) is 0. The second kappa shape index (κ2) is 17.5. The van der Waals surface area contributed by atoms with Gasteiger partial charge in [-0.1, -0.05) is 71.1 Å². The summed E-state index contributed by atoms with van der Waals surface area (Å²) in [5.41, 5.74) is 0.000935. The number of hydrogen-bond acceptors (Lipinski definition) is 4. The number of quaternary nitrogens is 2. The predicted octanol–water partition coefficient (Wildman–Crippen LogP) is -0.130. The van der Waals surface area contributed by atoms with Crippen molar-refractivity contribution < 1.29 is 57.4 Å². The summed E-state index contributed by atoms with van der Waals surface area (Å²) in [4.78, 5) is 22.9. The Morgan fingerprint density at radius 2 is 1.19 bits per heavy atom. The number of non-ortho nitro benzene ring substituents is 1. The van der Waals surface area contributed by atoms with E-state index < -0.39 is 4.92 Å². The maximum absolute atomic E-state index is 12.6. The van der Waals surface area contributed by atoms with Gasteiger partial charge in [0.2, 0.25) is 0 Å². The molecule has 212 valence electrons. The van der Waals surface area contributed by atoms with Crippen LogP contribution in [-0.2, 0) is 4.79 Å². The number of rotatable bonds is 17. The molecule has 37 heavy (non-hydrogen) atoms. The van der Waals surface area contributed by atoms with Gasteiger partial charge in [0, 0.05) is 12.1 Å². The lowest BCUT2D eigenvalue weighted by Crippen LogP contribution is -3.00. The van der Waals surface area contributed by atoms with E-state index >= 15 is 0 Å². The summed E-state index contributed by atoms with van der Waals surface area (Å²) in [6.07, 6.45) is 16.7. The predicted molar refractivity (Wildman–Crippen MR) is 139 cm³/mol. The van der Waals surface area contributed by atoms with E-state index in [1.165, 1.54) is 132 Å². The Morgan fingerprint density at radius 1 is 0.757 bits per heavy atom. The molecule has 0 amide bonds. The normalized spacial score (nSPS) is 22.1. The van der Waals surface area contributed by atoms with Crippen LogP contribution < -0.4 is 38.7 Å². The maximum Gasteiger partial charge on any atom is 0.367 e. The van der Waals surface area contributed by atoms with E-state index in [1.54, 1.807) is 0 Å². The van der Waals surface area contributed by atoms with Gasteiger partial charge < -0.3 is 47.7 Å². The highest BCUT2D eigenvalue weighted by atomic mass is 79.9. The highest BCUT2D eigenvalue weighted by Crippen LogP contribution is 2.28. The summed E-state index contributed by atoms with van der Waals surface area (Å²) in [6, 6.07) is 5.74. The highest BCUT2D eigenvalue weighted by molar-refractivity contribution is 5.73. The molecule has 3 saturated heterocycles. The van der Waals surface area contributed by atoms with Crippen molar-refractivity contribution in [1.82, 2.24) is 0 Å². The first-order valence-electron chi connectivity index (χ1n) is 14.1. The van der Waals surface area contributed by atoms with Crippen molar-refractivity contribution in [2.24, 2.45) is 0 Å². The van der Waals surface area contributed by atoms with Gasteiger partial charge in [0.15, 0.2) is 6.54 Å². The van der Waals surface area contributed by atoms with Crippen LogP contribution in [0, 0.1) is 10.1 Å². The molecule has 3 heterocycles. The molecule has 1 aromatic carbocycles. The van der Waals surface area contributed by atoms with Crippen LogP contribution in [0.5, 0.6) is 5.75 Å². The van der Waals surface area contributed by atoms with Gasteiger partial charge in [-0.3, -0.25) is 10.1 Å². The third kappa shape index (κ3) is 11.3. The summed E-state index contributed by atoms with van der Waals surface area (Å²) in [6.45, 7) is 10.6. The zero-order valence-electron chi connectivity index (χ0n) is 22.7. The Kier molecular flexibility index (Phi) is 16.1. The van der Waals surface area contributed by atoms with Crippen LogP contribution in [0.25, 0.3) is 0 Å². The number of esters is 1. The van der Waals surface area contributed by atoms with E-state index in [-0.39, 0.29) is 45.6 Å². The van der Waals surface area contributed by atoms with Crippen LogP contribution in [0.15, 0.2) is 24.3 Å². The fourth-order valence-electron chi connectivity index (χ4n) is 5.88. The molecule has 0 unspecified atom stereocenters. The van der Waals surface area contributed by atoms with Gasteiger partial charge >= 0.3 is 5.97 Å². The first-order chi connectivity index (χ1) is 17.0. The van der Waals surface area contributed by atoms with E-state index in [2.05, 4.69) is 6.92 Å². The zero-order chi connectivity index (χ0) is 25.0. The number of halogens is 2. The van der Waals surface area contributed by atoms with E-state index in [0.29, 0.717) is 12.3 Å². The van der Waals surface area contributed by atoms with Crippen molar-refractivity contribution in [3.8, 4) is 5.75 Å². The Bertz CT molecular complexity index is 783. The molecule has 3 aliphatic rings. The lowest BCUT2D eigenvalue weighted by atomic mass is 10.0. The fourth-order valence-corrected chi connectivity index (χ4v) is 5.88. The van der Waals surface area contributed by atoms with Crippen LogP contribution >= 0.6 is 0 Å². The SMILES string of the molecule is CCCCCCCCCCCCCC[N+]12CC[N+](CC(=O)Oc3ccc([N+](=O)[O-])cc3)(CC1)CC2.[Br-].[Br-].